The summed E-state index contributed by atoms with van der Waals surface area (Å²) in [5.74, 6) is -0.519. The van der Waals surface area contributed by atoms with Crippen LogP contribution in [0.15, 0.2) is 54.9 Å². The van der Waals surface area contributed by atoms with Crippen LogP contribution >= 0.6 is 23.2 Å². The van der Waals surface area contributed by atoms with Crippen LogP contribution in [0.2, 0.25) is 10.0 Å². The van der Waals surface area contributed by atoms with Crippen molar-refractivity contribution in [3.63, 3.8) is 0 Å². The molecule has 1 fully saturated rings. The van der Waals surface area contributed by atoms with Crippen LogP contribution in [-0.4, -0.2) is 51.8 Å². The summed E-state index contributed by atoms with van der Waals surface area (Å²) in [7, 11) is 0. The molecule has 8 heteroatoms. The summed E-state index contributed by atoms with van der Waals surface area (Å²) in [6, 6.07) is 13.3. The van der Waals surface area contributed by atoms with Gasteiger partial charge in [-0.25, -0.2) is 9.18 Å². The first-order valence-corrected chi connectivity index (χ1v) is 10.0. The van der Waals surface area contributed by atoms with Crippen molar-refractivity contribution in [2.75, 3.05) is 26.2 Å². The maximum atomic E-state index is 13.1. The number of piperazine rings is 1. The van der Waals surface area contributed by atoms with Gasteiger partial charge in [0.25, 0.3) is 0 Å². The highest BCUT2D eigenvalue weighted by Crippen LogP contribution is 2.29. The zero-order valence-electron chi connectivity index (χ0n) is 15.6. The van der Waals surface area contributed by atoms with Crippen molar-refractivity contribution in [2.45, 2.75) is 6.54 Å². The Bertz CT molecular complexity index is 1010. The molecule has 2 aromatic carbocycles. The van der Waals surface area contributed by atoms with Gasteiger partial charge in [-0.1, -0.05) is 41.4 Å². The summed E-state index contributed by atoms with van der Waals surface area (Å²) >= 11 is 12.3. The Morgan fingerprint density at radius 3 is 2.34 bits per heavy atom. The van der Waals surface area contributed by atoms with E-state index in [0.29, 0.717) is 23.1 Å². The van der Waals surface area contributed by atoms with E-state index in [1.165, 1.54) is 0 Å². The molecule has 29 heavy (non-hydrogen) atoms. The molecule has 5 nitrogen and oxygen atoms in total. The van der Waals surface area contributed by atoms with E-state index < -0.39 is 5.82 Å². The predicted octanol–water partition coefficient (Wildman–Crippen LogP) is 4.78. The van der Waals surface area contributed by atoms with Gasteiger partial charge in [0.15, 0.2) is 5.82 Å². The molecule has 0 spiro atoms. The van der Waals surface area contributed by atoms with E-state index in [9.17, 15) is 9.18 Å². The Hall–Kier alpha value is -2.41. The molecule has 1 aliphatic rings. The highest BCUT2D eigenvalue weighted by molar-refractivity contribution is 6.31. The predicted molar refractivity (Wildman–Crippen MR) is 112 cm³/mol. The van der Waals surface area contributed by atoms with Gasteiger partial charge in [-0.2, -0.15) is 9.78 Å². The minimum atomic E-state index is -0.519. The fourth-order valence-electron chi connectivity index (χ4n) is 3.47. The summed E-state index contributed by atoms with van der Waals surface area (Å²) < 4.78 is 14.2. The Morgan fingerprint density at radius 1 is 1.00 bits per heavy atom. The van der Waals surface area contributed by atoms with Crippen molar-refractivity contribution in [2.24, 2.45) is 0 Å². The van der Waals surface area contributed by atoms with Crippen LogP contribution in [0.25, 0.3) is 11.1 Å². The molecule has 0 unspecified atom stereocenters. The molecule has 0 N–H and O–H groups in total. The molecule has 1 aromatic heterocycles. The second kappa shape index (κ2) is 8.53. The fraction of sp³-hybridized carbons (Fsp3) is 0.238. The van der Waals surface area contributed by atoms with Crippen molar-refractivity contribution in [1.29, 1.82) is 0 Å². The Balaban J connectivity index is 1.44. The van der Waals surface area contributed by atoms with Crippen LogP contribution in [0.4, 0.5) is 9.18 Å². The smallest absolute Gasteiger partial charge is 0.320 e. The molecular formula is C21H19Cl2FN4O. The van der Waals surface area contributed by atoms with Crippen molar-refractivity contribution in [3.8, 4) is 11.1 Å². The summed E-state index contributed by atoms with van der Waals surface area (Å²) in [4.78, 5) is 16.4. The molecule has 0 bridgehead atoms. The van der Waals surface area contributed by atoms with Crippen molar-refractivity contribution >= 4 is 29.2 Å². The molecule has 0 saturated carbocycles. The molecule has 1 saturated heterocycles. The third-order valence-electron chi connectivity index (χ3n) is 5.01. The molecule has 4 rings (SSSR count). The molecule has 2 heterocycles. The number of carbonyl (C=O) groups excluding carboxylic acids is 1. The van der Waals surface area contributed by atoms with E-state index in [4.69, 9.17) is 23.2 Å². The number of amides is 1. The molecule has 150 valence electrons. The maximum absolute atomic E-state index is 13.1. The van der Waals surface area contributed by atoms with E-state index >= 15 is 0 Å². The van der Waals surface area contributed by atoms with Gasteiger partial charge in [0.2, 0.25) is 0 Å². The van der Waals surface area contributed by atoms with Gasteiger partial charge >= 0.3 is 6.03 Å². The second-order valence-corrected chi connectivity index (χ2v) is 7.83. The second-order valence-electron chi connectivity index (χ2n) is 6.96. The highest BCUT2D eigenvalue weighted by Gasteiger charge is 2.23. The molecular weight excluding hydrogens is 414 g/mol. The molecule has 1 amide bonds. The maximum Gasteiger partial charge on any atom is 0.344 e. The topological polar surface area (TPSA) is 41.4 Å². The van der Waals surface area contributed by atoms with Crippen LogP contribution in [0.1, 0.15) is 5.56 Å². The van der Waals surface area contributed by atoms with Crippen molar-refractivity contribution in [1.82, 2.24) is 19.6 Å². The summed E-state index contributed by atoms with van der Waals surface area (Å²) in [6.45, 7) is 3.30. The Morgan fingerprint density at radius 2 is 1.69 bits per heavy atom. The monoisotopic (exact) mass is 432 g/mol. The van der Waals surface area contributed by atoms with Crippen molar-refractivity contribution in [3.05, 3.63) is 76.3 Å². The zero-order valence-corrected chi connectivity index (χ0v) is 17.1. The molecule has 1 aliphatic heterocycles. The summed E-state index contributed by atoms with van der Waals surface area (Å²) in [5.41, 5.74) is 3.28. The van der Waals surface area contributed by atoms with Crippen LogP contribution in [-0.2, 0) is 6.54 Å². The van der Waals surface area contributed by atoms with Crippen LogP contribution in [0.5, 0.6) is 0 Å². The standard InChI is InChI=1S/C21H19Cl2FN4O/c22-17-4-1-15(2-5-17)20-11-18(23)6-3-16(20)13-26-7-9-27(10-8-26)21(29)28-14-19(24)12-25-28/h1-6,11-12,14H,7-10,13H2. The van der Waals surface area contributed by atoms with E-state index in [2.05, 4.69) is 10.00 Å². The lowest BCUT2D eigenvalue weighted by Gasteiger charge is -2.34. The SMILES string of the molecule is O=C(N1CCN(Cc2ccc(Cl)cc2-c2ccc(Cl)cc2)CC1)n1cc(F)cn1. The lowest BCUT2D eigenvalue weighted by Crippen LogP contribution is -2.49. The zero-order chi connectivity index (χ0) is 20.4. The number of benzene rings is 2. The van der Waals surface area contributed by atoms with Gasteiger partial charge in [-0.15, -0.1) is 0 Å². The molecule has 0 atom stereocenters. The van der Waals surface area contributed by atoms with Crippen LogP contribution in [0.3, 0.4) is 0 Å². The molecule has 3 aromatic rings. The Kier molecular flexibility index (Phi) is 5.85. The van der Waals surface area contributed by atoms with E-state index in [1.807, 2.05) is 42.5 Å². The minimum Gasteiger partial charge on any atom is -0.320 e. The number of hydrogen-bond acceptors (Lipinski definition) is 3. The minimum absolute atomic E-state index is 0.304. The fourth-order valence-corrected chi connectivity index (χ4v) is 3.77. The van der Waals surface area contributed by atoms with Gasteiger partial charge in [-0.3, -0.25) is 4.90 Å². The molecule has 0 aliphatic carbocycles. The first-order valence-electron chi connectivity index (χ1n) is 9.26. The van der Waals surface area contributed by atoms with Gasteiger partial charge in [0, 0.05) is 42.8 Å². The number of aromatic nitrogens is 2. The quantitative estimate of drug-likeness (QED) is 0.597. The van der Waals surface area contributed by atoms with Crippen LogP contribution < -0.4 is 0 Å². The number of carbonyl (C=O) groups is 1. The average Bonchev–Trinajstić information content (AvgIpc) is 3.16. The first-order chi connectivity index (χ1) is 14.0. The summed E-state index contributed by atoms with van der Waals surface area (Å²) in [6.07, 6.45) is 2.13. The first kappa shape index (κ1) is 19.9. The van der Waals surface area contributed by atoms with Crippen LogP contribution in [0, 0.1) is 5.82 Å². The van der Waals surface area contributed by atoms with E-state index in [0.717, 1.165) is 53.4 Å². The number of rotatable bonds is 3. The highest BCUT2D eigenvalue weighted by atomic mass is 35.5. The molecule has 0 radical (unpaired) electrons. The van der Waals surface area contributed by atoms with Gasteiger partial charge in [0.1, 0.15) is 0 Å². The lowest BCUT2D eigenvalue weighted by molar-refractivity contribution is 0.134. The largest absolute Gasteiger partial charge is 0.344 e. The Labute approximate surface area is 178 Å². The lowest BCUT2D eigenvalue weighted by atomic mass is 9.99. The normalized spacial score (nSPS) is 14.9. The van der Waals surface area contributed by atoms with E-state index in [-0.39, 0.29) is 6.03 Å². The third kappa shape index (κ3) is 4.61. The number of halogens is 3. The number of hydrogen-bond donors (Lipinski definition) is 0. The summed E-state index contributed by atoms with van der Waals surface area (Å²) in [5, 5.41) is 5.12. The number of nitrogens with zero attached hydrogens (tertiary/aromatic N) is 4. The van der Waals surface area contributed by atoms with Gasteiger partial charge in [0.05, 0.1) is 12.4 Å². The third-order valence-corrected chi connectivity index (χ3v) is 5.50. The van der Waals surface area contributed by atoms with Gasteiger partial charge in [-0.05, 0) is 41.0 Å². The van der Waals surface area contributed by atoms with Gasteiger partial charge < -0.3 is 4.90 Å². The average molecular weight is 433 g/mol. The van der Waals surface area contributed by atoms with Crippen molar-refractivity contribution < 1.29 is 9.18 Å². The van der Waals surface area contributed by atoms with E-state index in [1.54, 1.807) is 4.90 Å².